The van der Waals surface area contributed by atoms with Crippen LogP contribution in [0.1, 0.15) is 38.5 Å². The zero-order valence-corrected chi connectivity index (χ0v) is 21.3. The van der Waals surface area contributed by atoms with Gasteiger partial charge >= 0.3 is 5.97 Å². The largest absolute Gasteiger partial charge is 0.480 e. The number of hydrogen-bond donors (Lipinski definition) is 7. The minimum atomic E-state index is -1.40. The molecule has 0 aromatic heterocycles. The standard InChI is InChI=1S/C20H38N6O6S2/c1-33-9-6-12(22)17(28)24-13(7-10-34-2)18(29)26-15(11-16(23)27)19(30)25-14(20(31)32)5-3-4-8-21/h12-15H,3-11,21-22H2,1-2H3,(H2,23,27)(H,24,28)(H,25,30)(H,26,29)(H,31,32). The quantitative estimate of drug-likeness (QED) is 0.0959. The number of primary amides is 1. The van der Waals surface area contributed by atoms with E-state index < -0.39 is 60.2 Å². The van der Waals surface area contributed by atoms with Crippen LogP contribution in [0.25, 0.3) is 0 Å². The monoisotopic (exact) mass is 522 g/mol. The lowest BCUT2D eigenvalue weighted by Gasteiger charge is -2.24. The SMILES string of the molecule is CSCCC(N)C(=O)NC(CCSC)C(=O)NC(CC(N)=O)C(=O)NC(CCCCN)C(=O)O. The Hall–Kier alpha value is -2.03. The van der Waals surface area contributed by atoms with Crippen LogP contribution in [-0.4, -0.2) is 89.4 Å². The Kier molecular flexibility index (Phi) is 17.2. The van der Waals surface area contributed by atoms with Gasteiger partial charge in [-0.3, -0.25) is 19.2 Å². The van der Waals surface area contributed by atoms with Crippen LogP contribution in [0.5, 0.6) is 0 Å². The minimum Gasteiger partial charge on any atom is -0.480 e. The van der Waals surface area contributed by atoms with E-state index in [0.717, 1.165) is 0 Å². The van der Waals surface area contributed by atoms with E-state index in [1.807, 2.05) is 12.5 Å². The fourth-order valence-electron chi connectivity index (χ4n) is 2.86. The normalized spacial score (nSPS) is 14.4. The Bertz CT molecular complexity index is 684. The summed E-state index contributed by atoms with van der Waals surface area (Å²) in [6, 6.07) is -4.41. The molecule has 0 aliphatic heterocycles. The number of carboxylic acids is 1. The van der Waals surface area contributed by atoms with E-state index in [1.165, 1.54) is 23.5 Å². The van der Waals surface area contributed by atoms with Gasteiger partial charge in [0, 0.05) is 0 Å². The third kappa shape index (κ3) is 13.6. The number of hydrogen-bond acceptors (Lipinski definition) is 9. The first-order chi connectivity index (χ1) is 16.1. The number of nitrogens with one attached hydrogen (secondary N) is 3. The second-order valence-corrected chi connectivity index (χ2v) is 9.62. The third-order valence-electron chi connectivity index (χ3n) is 4.81. The summed E-state index contributed by atoms with van der Waals surface area (Å²) in [5.41, 5.74) is 16.5. The summed E-state index contributed by atoms with van der Waals surface area (Å²) in [6.07, 6.45) is 5.06. The summed E-state index contributed by atoms with van der Waals surface area (Å²) in [6.45, 7) is 0.380. The van der Waals surface area contributed by atoms with Crippen LogP contribution >= 0.6 is 23.5 Å². The lowest BCUT2D eigenvalue weighted by Crippen LogP contribution is -2.57. The van der Waals surface area contributed by atoms with Crippen LogP contribution in [0.4, 0.5) is 0 Å². The molecule has 10 N–H and O–H groups in total. The molecule has 0 fully saturated rings. The first-order valence-corrected chi connectivity index (χ1v) is 13.7. The first-order valence-electron chi connectivity index (χ1n) is 10.9. The highest BCUT2D eigenvalue weighted by Crippen LogP contribution is 2.06. The maximum absolute atomic E-state index is 12.9. The van der Waals surface area contributed by atoms with Crippen LogP contribution in [0, 0.1) is 0 Å². The molecule has 14 heteroatoms. The van der Waals surface area contributed by atoms with Crippen molar-refractivity contribution in [2.45, 2.75) is 62.7 Å². The number of carbonyl (C=O) groups is 5. The molecule has 0 radical (unpaired) electrons. The van der Waals surface area contributed by atoms with Gasteiger partial charge < -0.3 is 38.3 Å². The zero-order valence-electron chi connectivity index (χ0n) is 19.7. The summed E-state index contributed by atoms with van der Waals surface area (Å²) in [7, 11) is 0. The molecule has 4 unspecified atom stereocenters. The van der Waals surface area contributed by atoms with Gasteiger partial charge in [-0.15, -0.1) is 0 Å². The van der Waals surface area contributed by atoms with E-state index >= 15 is 0 Å². The summed E-state index contributed by atoms with van der Waals surface area (Å²) in [5, 5.41) is 16.7. The second kappa shape index (κ2) is 18.3. The minimum absolute atomic E-state index is 0.135. The smallest absolute Gasteiger partial charge is 0.326 e. The predicted octanol–water partition coefficient (Wildman–Crippen LogP) is -1.64. The van der Waals surface area contributed by atoms with Crippen molar-refractivity contribution in [3.05, 3.63) is 0 Å². The molecule has 0 aliphatic rings. The number of carboxylic acid groups (broad SMARTS) is 1. The molecule has 0 saturated heterocycles. The molecule has 12 nitrogen and oxygen atoms in total. The van der Waals surface area contributed by atoms with Gasteiger partial charge in [-0.2, -0.15) is 23.5 Å². The molecule has 4 amide bonds. The highest BCUT2D eigenvalue weighted by atomic mass is 32.2. The summed E-state index contributed by atoms with van der Waals surface area (Å²) in [4.78, 5) is 61.0. The van der Waals surface area contributed by atoms with Gasteiger partial charge in [-0.1, -0.05) is 0 Å². The van der Waals surface area contributed by atoms with Gasteiger partial charge in [-0.05, 0) is 62.7 Å². The van der Waals surface area contributed by atoms with Crippen molar-refractivity contribution in [1.82, 2.24) is 16.0 Å². The molecule has 0 rings (SSSR count). The zero-order chi connectivity index (χ0) is 26.1. The number of rotatable bonds is 19. The topological polar surface area (TPSA) is 220 Å². The number of carbonyl (C=O) groups excluding carboxylic acids is 4. The second-order valence-electron chi connectivity index (χ2n) is 7.65. The lowest BCUT2D eigenvalue weighted by atomic mass is 10.1. The Morgan fingerprint density at radius 2 is 1.32 bits per heavy atom. The molecular formula is C20H38N6O6S2. The van der Waals surface area contributed by atoms with Crippen molar-refractivity contribution < 1.29 is 29.1 Å². The molecule has 0 aromatic carbocycles. The highest BCUT2D eigenvalue weighted by molar-refractivity contribution is 7.98. The Morgan fingerprint density at radius 1 is 0.794 bits per heavy atom. The van der Waals surface area contributed by atoms with Gasteiger partial charge in [0.05, 0.1) is 12.5 Å². The van der Waals surface area contributed by atoms with Crippen molar-refractivity contribution in [3.63, 3.8) is 0 Å². The molecule has 0 saturated carbocycles. The highest BCUT2D eigenvalue weighted by Gasteiger charge is 2.31. The molecule has 0 spiro atoms. The fraction of sp³-hybridized carbons (Fsp3) is 0.750. The van der Waals surface area contributed by atoms with Gasteiger partial charge in [0.2, 0.25) is 23.6 Å². The third-order valence-corrected chi connectivity index (χ3v) is 6.10. The maximum atomic E-state index is 12.9. The fourth-order valence-corrected chi connectivity index (χ4v) is 3.83. The number of thioether (sulfide) groups is 2. The summed E-state index contributed by atoms with van der Waals surface area (Å²) < 4.78 is 0. The number of unbranched alkanes of at least 4 members (excludes halogenated alkanes) is 1. The number of aliphatic carboxylic acids is 1. The van der Waals surface area contributed by atoms with Crippen LogP contribution in [-0.2, 0) is 24.0 Å². The Balaban J connectivity index is 5.38. The average Bonchev–Trinajstić information content (AvgIpc) is 2.78. The van der Waals surface area contributed by atoms with Crippen molar-refractivity contribution in [1.29, 1.82) is 0 Å². The van der Waals surface area contributed by atoms with Gasteiger partial charge in [-0.25, -0.2) is 4.79 Å². The molecule has 0 bridgehead atoms. The predicted molar refractivity (Wildman–Crippen MR) is 134 cm³/mol. The molecular weight excluding hydrogens is 484 g/mol. The van der Waals surface area contributed by atoms with Crippen LogP contribution in [0.2, 0.25) is 0 Å². The first kappa shape index (κ1) is 32.0. The van der Waals surface area contributed by atoms with Crippen molar-refractivity contribution in [2.24, 2.45) is 17.2 Å². The van der Waals surface area contributed by atoms with Crippen molar-refractivity contribution in [2.75, 3.05) is 30.6 Å². The van der Waals surface area contributed by atoms with E-state index in [4.69, 9.17) is 17.2 Å². The Morgan fingerprint density at radius 3 is 1.85 bits per heavy atom. The number of amides is 4. The van der Waals surface area contributed by atoms with Gasteiger partial charge in [0.1, 0.15) is 18.1 Å². The molecule has 0 aromatic rings. The van der Waals surface area contributed by atoms with E-state index in [9.17, 15) is 29.1 Å². The summed E-state index contributed by atoms with van der Waals surface area (Å²) >= 11 is 3.00. The molecule has 4 atom stereocenters. The molecule has 0 aliphatic carbocycles. The summed E-state index contributed by atoms with van der Waals surface area (Å²) in [5.74, 6) is -2.97. The average molecular weight is 523 g/mol. The van der Waals surface area contributed by atoms with E-state index in [2.05, 4.69) is 16.0 Å². The molecule has 0 heterocycles. The van der Waals surface area contributed by atoms with Crippen molar-refractivity contribution in [3.8, 4) is 0 Å². The van der Waals surface area contributed by atoms with Crippen LogP contribution < -0.4 is 33.2 Å². The molecule has 196 valence electrons. The molecule has 34 heavy (non-hydrogen) atoms. The van der Waals surface area contributed by atoms with E-state index in [-0.39, 0.29) is 12.8 Å². The van der Waals surface area contributed by atoms with E-state index in [0.29, 0.717) is 37.3 Å². The number of nitrogens with two attached hydrogens (primary N) is 3. The van der Waals surface area contributed by atoms with E-state index in [1.54, 1.807) is 0 Å². The van der Waals surface area contributed by atoms with Gasteiger partial charge in [0.25, 0.3) is 0 Å². The van der Waals surface area contributed by atoms with Crippen molar-refractivity contribution >= 4 is 53.1 Å². The lowest BCUT2D eigenvalue weighted by molar-refractivity contribution is -0.142. The Labute approximate surface area is 208 Å². The van der Waals surface area contributed by atoms with Crippen LogP contribution in [0.3, 0.4) is 0 Å². The van der Waals surface area contributed by atoms with Gasteiger partial charge in [0.15, 0.2) is 0 Å². The van der Waals surface area contributed by atoms with Crippen LogP contribution in [0.15, 0.2) is 0 Å². The maximum Gasteiger partial charge on any atom is 0.326 e.